The molecular formula is F18Na18. The minimum absolute atomic E-state index is 0. The molecule has 0 spiro atoms. The molecule has 0 atom stereocenters. The maximum Gasteiger partial charge on any atom is 1.00 e. The van der Waals surface area contributed by atoms with Gasteiger partial charge in [0, 0.05) is 0 Å². The average Bonchev–Trinajstić information content (AvgIpc) is 0. The number of rotatable bonds is 0. The first kappa shape index (κ1) is 504. The van der Waals surface area contributed by atoms with E-state index in [1.807, 2.05) is 0 Å². The first-order valence-electron chi connectivity index (χ1n) is 0. The molecule has 0 aromatic rings. The second kappa shape index (κ2) is 475. The Labute approximate surface area is 598 Å². The molecule has 36 heteroatoms. The number of hydrogen-bond donors (Lipinski definition) is 0. The Morgan fingerprint density at radius 2 is 0.0556 bits per heavy atom. The summed E-state index contributed by atoms with van der Waals surface area (Å²) in [5.74, 6) is 0. The van der Waals surface area contributed by atoms with Crippen LogP contribution in [0.25, 0.3) is 0 Å². The molecule has 0 aromatic carbocycles. The fourth-order valence-electron chi connectivity index (χ4n) is 0. The zero-order valence-electron chi connectivity index (χ0n) is 24.8. The molecule has 0 bridgehead atoms. The van der Waals surface area contributed by atoms with Gasteiger partial charge in [-0.25, -0.2) is 0 Å². The van der Waals surface area contributed by atoms with Gasteiger partial charge >= 0.3 is 532 Å². The van der Waals surface area contributed by atoms with Crippen molar-refractivity contribution in [2.24, 2.45) is 0 Å². The van der Waals surface area contributed by atoms with Crippen LogP contribution in [-0.2, 0) is 0 Å². The molecule has 0 aromatic heterocycles. The van der Waals surface area contributed by atoms with Crippen molar-refractivity contribution in [3.05, 3.63) is 0 Å². The fraction of sp³-hybridized carbons (Fsp3) is 0. The Bertz CT molecular complexity index is 36.0. The van der Waals surface area contributed by atoms with E-state index < -0.39 is 0 Å². The molecule has 0 saturated carbocycles. The van der Waals surface area contributed by atoms with E-state index >= 15 is 0 Å². The summed E-state index contributed by atoms with van der Waals surface area (Å²) in [6, 6.07) is 0. The summed E-state index contributed by atoms with van der Waals surface area (Å²) in [4.78, 5) is 0. The summed E-state index contributed by atoms with van der Waals surface area (Å²) < 4.78 is 0. The average molecular weight is 756 g/mol. The maximum absolute atomic E-state index is 0. The molecule has 0 rings (SSSR count). The summed E-state index contributed by atoms with van der Waals surface area (Å²) in [6.45, 7) is 0. The van der Waals surface area contributed by atoms with E-state index in [0.29, 0.717) is 0 Å². The Balaban J connectivity index is 0. The van der Waals surface area contributed by atoms with Gasteiger partial charge < -0.3 is 84.7 Å². The molecule has 0 unspecified atom stereocenters. The normalized spacial score (nSPS) is 0. The fourth-order valence-corrected chi connectivity index (χ4v) is 0. The predicted molar refractivity (Wildman–Crippen MR) is 0 cm³/mol. The Hall–Kier alpha value is 16.7. The first-order chi connectivity index (χ1) is 0. The monoisotopic (exact) mass is 756 g/mol. The zero-order chi connectivity index (χ0) is 0. The van der Waals surface area contributed by atoms with Crippen LogP contribution in [0, 0.1) is 0 Å². The molecule has 0 aliphatic carbocycles. The second-order valence-electron chi connectivity index (χ2n) is 0. The molecule has 36 heavy (non-hydrogen) atoms. The van der Waals surface area contributed by atoms with E-state index in [1.165, 1.54) is 0 Å². The predicted octanol–water partition coefficient (Wildman–Crippen LogP) is -108. The van der Waals surface area contributed by atoms with Gasteiger partial charge in [0.1, 0.15) is 0 Å². The molecule has 144 valence electrons. The quantitative estimate of drug-likeness (QED) is 0.171. The van der Waals surface area contributed by atoms with Crippen molar-refractivity contribution < 1.29 is 617 Å². The van der Waals surface area contributed by atoms with E-state index in [0.717, 1.165) is 0 Å². The summed E-state index contributed by atoms with van der Waals surface area (Å²) in [5, 5.41) is 0. The van der Waals surface area contributed by atoms with E-state index in [2.05, 4.69) is 0 Å². The molecular weight excluding hydrogens is 756 g/mol. The van der Waals surface area contributed by atoms with Crippen molar-refractivity contribution >= 4 is 0 Å². The van der Waals surface area contributed by atoms with Gasteiger partial charge in [0.25, 0.3) is 0 Å². The Kier molecular flexibility index (Phi) is 6650. The molecule has 0 aliphatic heterocycles. The van der Waals surface area contributed by atoms with Crippen LogP contribution < -0.4 is 617 Å². The van der Waals surface area contributed by atoms with Crippen molar-refractivity contribution in [3.8, 4) is 0 Å². The van der Waals surface area contributed by atoms with Gasteiger partial charge in [-0.2, -0.15) is 0 Å². The number of halogens is 18. The summed E-state index contributed by atoms with van der Waals surface area (Å²) in [7, 11) is 0. The van der Waals surface area contributed by atoms with Gasteiger partial charge in [0.2, 0.25) is 0 Å². The zero-order valence-corrected chi connectivity index (χ0v) is 60.8. The molecule has 0 radical (unpaired) electrons. The van der Waals surface area contributed by atoms with Gasteiger partial charge in [-0.1, -0.05) is 0 Å². The van der Waals surface area contributed by atoms with Crippen molar-refractivity contribution in [2.75, 3.05) is 0 Å². The second-order valence-corrected chi connectivity index (χ2v) is 0. The van der Waals surface area contributed by atoms with E-state index in [9.17, 15) is 0 Å². The number of hydrogen-bond acceptors (Lipinski definition) is 0. The van der Waals surface area contributed by atoms with Crippen LogP contribution >= 0.6 is 0 Å². The maximum atomic E-state index is 0. The topological polar surface area (TPSA) is 0 Å². The van der Waals surface area contributed by atoms with Crippen molar-refractivity contribution in [2.45, 2.75) is 0 Å². The molecule has 0 nitrogen and oxygen atoms in total. The van der Waals surface area contributed by atoms with Crippen LogP contribution in [0.5, 0.6) is 0 Å². The minimum Gasteiger partial charge on any atom is -1.00 e. The minimum atomic E-state index is 0. The standard InChI is InChI=1S/18FH.18Na/h18*1H;;;;;;;;;;;;;;;;;;/q;;;;;;;;;;;;;;;;;;18*+1/p-18. The molecule has 0 amide bonds. The van der Waals surface area contributed by atoms with Gasteiger partial charge in [-0.3, -0.25) is 0 Å². The van der Waals surface area contributed by atoms with Gasteiger partial charge in [0.15, 0.2) is 0 Å². The van der Waals surface area contributed by atoms with Crippen LogP contribution in [0.1, 0.15) is 0 Å². The molecule has 0 heterocycles. The van der Waals surface area contributed by atoms with Crippen LogP contribution in [-0.4, -0.2) is 0 Å². The van der Waals surface area contributed by atoms with Gasteiger partial charge in [-0.05, 0) is 0 Å². The van der Waals surface area contributed by atoms with Crippen LogP contribution in [0.4, 0.5) is 0 Å². The van der Waals surface area contributed by atoms with Crippen LogP contribution in [0.3, 0.4) is 0 Å². The van der Waals surface area contributed by atoms with Crippen LogP contribution in [0.15, 0.2) is 0 Å². The van der Waals surface area contributed by atoms with E-state index in [4.69, 9.17) is 0 Å². The molecule has 0 fully saturated rings. The summed E-state index contributed by atoms with van der Waals surface area (Å²) >= 11 is 0. The smallest absolute Gasteiger partial charge is 1.00 e. The summed E-state index contributed by atoms with van der Waals surface area (Å²) in [5.41, 5.74) is 0. The van der Waals surface area contributed by atoms with Crippen LogP contribution in [0.2, 0.25) is 0 Å². The van der Waals surface area contributed by atoms with Crippen molar-refractivity contribution in [1.29, 1.82) is 0 Å². The Morgan fingerprint density at radius 3 is 0.0556 bits per heavy atom. The molecule has 0 saturated heterocycles. The van der Waals surface area contributed by atoms with Gasteiger partial charge in [0.05, 0.1) is 0 Å². The first-order valence-corrected chi connectivity index (χ1v) is 0. The van der Waals surface area contributed by atoms with Gasteiger partial charge in [-0.15, -0.1) is 0 Å². The third-order valence-corrected chi connectivity index (χ3v) is 0. The van der Waals surface area contributed by atoms with E-state index in [-0.39, 0.29) is 617 Å². The SMILES string of the molecule is [F-].[F-].[F-].[F-].[F-].[F-].[F-].[F-].[F-].[F-].[F-].[F-].[F-].[F-].[F-].[F-].[F-].[F-].[Na+].[Na+].[Na+].[Na+].[Na+].[Na+].[Na+].[Na+].[Na+].[Na+].[Na+].[Na+].[Na+].[Na+].[Na+].[Na+].[Na+].[Na+]. The Morgan fingerprint density at radius 1 is 0.0556 bits per heavy atom. The van der Waals surface area contributed by atoms with Crippen molar-refractivity contribution in [1.82, 2.24) is 0 Å². The summed E-state index contributed by atoms with van der Waals surface area (Å²) in [6.07, 6.45) is 0. The van der Waals surface area contributed by atoms with E-state index in [1.54, 1.807) is 0 Å². The third kappa shape index (κ3) is 448. The molecule has 0 N–H and O–H groups in total. The van der Waals surface area contributed by atoms with Crippen molar-refractivity contribution in [3.63, 3.8) is 0 Å². The largest absolute Gasteiger partial charge is 1.00 e. The third-order valence-electron chi connectivity index (χ3n) is 0. The molecule has 0 aliphatic rings.